The van der Waals surface area contributed by atoms with Crippen molar-refractivity contribution in [3.63, 3.8) is 0 Å². The Balaban J connectivity index is 1.42. The summed E-state index contributed by atoms with van der Waals surface area (Å²) in [7, 11) is 2.13. The van der Waals surface area contributed by atoms with Crippen molar-refractivity contribution in [3.05, 3.63) is 47.7 Å². The van der Waals surface area contributed by atoms with Gasteiger partial charge in [-0.25, -0.2) is 0 Å². The number of aromatic amines is 1. The molecule has 2 aliphatic rings. The van der Waals surface area contributed by atoms with E-state index in [-0.39, 0.29) is 0 Å². The molecule has 1 aliphatic heterocycles. The van der Waals surface area contributed by atoms with Crippen LogP contribution in [0.15, 0.2) is 30.3 Å². The van der Waals surface area contributed by atoms with Gasteiger partial charge < -0.3 is 9.55 Å². The molecule has 0 radical (unpaired) electrons. The van der Waals surface area contributed by atoms with E-state index in [1.165, 1.54) is 54.5 Å². The fourth-order valence-electron chi connectivity index (χ4n) is 4.20. The van der Waals surface area contributed by atoms with Crippen molar-refractivity contribution in [2.24, 2.45) is 7.05 Å². The molecule has 1 saturated heterocycles. The highest BCUT2D eigenvalue weighted by atomic mass is 15.3. The second kappa shape index (κ2) is 5.99. The number of nitrogens with zero attached hydrogens (tertiary/aromatic N) is 4. The Hall–Kier alpha value is -2.14. The highest BCUT2D eigenvalue weighted by Gasteiger charge is 2.31. The number of hydrogen-bond acceptors (Lipinski definition) is 3. The Morgan fingerprint density at radius 3 is 2.84 bits per heavy atom. The highest BCUT2D eigenvalue weighted by molar-refractivity contribution is 5.80. The lowest BCUT2D eigenvalue weighted by Gasteiger charge is -2.34. The maximum atomic E-state index is 4.50. The molecule has 2 aromatic heterocycles. The lowest BCUT2D eigenvalue weighted by atomic mass is 9.99. The number of rotatable bonds is 4. The highest BCUT2D eigenvalue weighted by Crippen LogP contribution is 2.39. The maximum Gasteiger partial charge on any atom is 0.146 e. The molecule has 25 heavy (non-hydrogen) atoms. The molecule has 130 valence electrons. The van der Waals surface area contributed by atoms with Crippen LogP contribution in [0, 0.1) is 0 Å². The molecule has 3 heterocycles. The molecule has 3 aromatic rings. The molecule has 5 rings (SSSR count). The van der Waals surface area contributed by atoms with Gasteiger partial charge in [0, 0.05) is 24.2 Å². The molecule has 1 aliphatic carbocycles. The van der Waals surface area contributed by atoms with Crippen LogP contribution in [0.4, 0.5) is 0 Å². The zero-order valence-corrected chi connectivity index (χ0v) is 14.8. The summed E-state index contributed by atoms with van der Waals surface area (Å²) < 4.78 is 2.23. The van der Waals surface area contributed by atoms with Gasteiger partial charge in [0.05, 0.1) is 12.6 Å². The van der Waals surface area contributed by atoms with Crippen LogP contribution < -0.4 is 0 Å². The smallest absolute Gasteiger partial charge is 0.146 e. The molecule has 2 fully saturated rings. The zero-order valence-electron chi connectivity index (χ0n) is 14.8. The number of benzene rings is 1. The van der Waals surface area contributed by atoms with Crippen LogP contribution in [0.3, 0.4) is 0 Å². The summed E-state index contributed by atoms with van der Waals surface area (Å²) in [5.74, 6) is 2.93. The van der Waals surface area contributed by atoms with Crippen LogP contribution in [-0.4, -0.2) is 31.2 Å². The van der Waals surface area contributed by atoms with Gasteiger partial charge in [0.2, 0.25) is 0 Å². The van der Waals surface area contributed by atoms with Crippen LogP contribution in [0.1, 0.15) is 61.4 Å². The Labute approximate surface area is 148 Å². The van der Waals surface area contributed by atoms with Crippen molar-refractivity contribution in [2.75, 3.05) is 6.54 Å². The first-order valence-electron chi connectivity index (χ1n) is 9.49. The topological polar surface area (TPSA) is 49.7 Å². The van der Waals surface area contributed by atoms with Gasteiger partial charge in [-0.1, -0.05) is 24.6 Å². The number of H-pyrrole nitrogens is 1. The number of hydrogen-bond donors (Lipinski definition) is 1. The fraction of sp³-hybridized carbons (Fsp3) is 0.500. The summed E-state index contributed by atoms with van der Waals surface area (Å²) in [6.45, 7) is 2.02. The molecule has 1 N–H and O–H groups in total. The molecule has 0 amide bonds. The molecule has 1 saturated carbocycles. The standard InChI is InChI=1S/C20H25N5/c1-24-19(22-23-20(24)14-9-10-14)13-25-11-5-4-8-18(25)17-12-15-6-2-3-7-16(15)21-17/h2-3,6-7,12,14,18,21H,4-5,8-11,13H2,1H3/t18-/m1/s1. The largest absolute Gasteiger partial charge is 0.357 e. The molecular weight excluding hydrogens is 310 g/mol. The van der Waals surface area contributed by atoms with E-state index in [0.717, 1.165) is 18.9 Å². The molecule has 1 atom stereocenters. The monoisotopic (exact) mass is 335 g/mol. The molecule has 5 heteroatoms. The van der Waals surface area contributed by atoms with Crippen LogP contribution >= 0.6 is 0 Å². The number of para-hydroxylation sites is 1. The zero-order chi connectivity index (χ0) is 16.8. The van der Waals surface area contributed by atoms with E-state index in [4.69, 9.17) is 0 Å². The third-order valence-electron chi connectivity index (χ3n) is 5.81. The van der Waals surface area contributed by atoms with E-state index in [9.17, 15) is 0 Å². The average molecular weight is 335 g/mol. The van der Waals surface area contributed by atoms with Gasteiger partial charge in [0.1, 0.15) is 11.6 Å². The van der Waals surface area contributed by atoms with Crippen molar-refractivity contribution in [3.8, 4) is 0 Å². The van der Waals surface area contributed by atoms with Crippen LogP contribution in [0.25, 0.3) is 10.9 Å². The van der Waals surface area contributed by atoms with Gasteiger partial charge in [-0.3, -0.25) is 4.90 Å². The van der Waals surface area contributed by atoms with Crippen molar-refractivity contribution >= 4 is 10.9 Å². The summed E-state index contributed by atoms with van der Waals surface area (Å²) in [6, 6.07) is 11.3. The molecular formula is C20H25N5. The van der Waals surface area contributed by atoms with E-state index in [1.807, 2.05) is 0 Å². The van der Waals surface area contributed by atoms with E-state index in [1.54, 1.807) is 0 Å². The molecule has 0 bridgehead atoms. The fourth-order valence-corrected chi connectivity index (χ4v) is 4.20. The lowest BCUT2D eigenvalue weighted by molar-refractivity contribution is 0.133. The maximum absolute atomic E-state index is 4.50. The van der Waals surface area contributed by atoms with Crippen molar-refractivity contribution < 1.29 is 0 Å². The lowest BCUT2D eigenvalue weighted by Crippen LogP contribution is -2.34. The SMILES string of the molecule is Cn1c(CN2CCCC[C@@H]2c2cc3ccccc3[nH]2)nnc1C1CC1. The Bertz CT molecular complexity index is 856. The average Bonchev–Trinajstić information content (AvgIpc) is 3.28. The molecule has 1 aromatic carbocycles. The molecule has 5 nitrogen and oxygen atoms in total. The third kappa shape index (κ3) is 2.76. The van der Waals surface area contributed by atoms with Crippen molar-refractivity contribution in [1.82, 2.24) is 24.6 Å². The number of likely N-dealkylation sites (tertiary alicyclic amines) is 1. The van der Waals surface area contributed by atoms with Gasteiger partial charge in [0.15, 0.2) is 0 Å². The van der Waals surface area contributed by atoms with Crippen LogP contribution in [0.2, 0.25) is 0 Å². The summed E-state index contributed by atoms with van der Waals surface area (Å²) in [4.78, 5) is 6.22. The van der Waals surface area contributed by atoms with Gasteiger partial charge in [-0.15, -0.1) is 10.2 Å². The van der Waals surface area contributed by atoms with Crippen LogP contribution in [0.5, 0.6) is 0 Å². The minimum atomic E-state index is 0.447. The Morgan fingerprint density at radius 2 is 2.00 bits per heavy atom. The first-order valence-corrected chi connectivity index (χ1v) is 9.49. The minimum absolute atomic E-state index is 0.447. The number of fused-ring (bicyclic) bond motifs is 1. The first-order chi connectivity index (χ1) is 12.3. The number of aromatic nitrogens is 4. The van der Waals surface area contributed by atoms with Crippen molar-refractivity contribution in [1.29, 1.82) is 0 Å². The summed E-state index contributed by atoms with van der Waals surface area (Å²) in [6.07, 6.45) is 6.31. The summed E-state index contributed by atoms with van der Waals surface area (Å²) in [5, 5.41) is 10.3. The Morgan fingerprint density at radius 1 is 1.12 bits per heavy atom. The number of nitrogens with one attached hydrogen (secondary N) is 1. The van der Waals surface area contributed by atoms with E-state index < -0.39 is 0 Å². The van der Waals surface area contributed by atoms with Gasteiger partial charge >= 0.3 is 0 Å². The van der Waals surface area contributed by atoms with E-state index >= 15 is 0 Å². The summed E-state index contributed by atoms with van der Waals surface area (Å²) in [5.41, 5.74) is 2.57. The minimum Gasteiger partial charge on any atom is -0.357 e. The van der Waals surface area contributed by atoms with E-state index in [2.05, 4.69) is 62.0 Å². The third-order valence-corrected chi connectivity index (χ3v) is 5.81. The molecule has 0 unspecified atom stereocenters. The normalized spacial score (nSPS) is 21.9. The first kappa shape index (κ1) is 15.1. The molecule has 0 spiro atoms. The van der Waals surface area contributed by atoms with Crippen molar-refractivity contribution in [2.45, 2.75) is 50.6 Å². The van der Waals surface area contributed by atoms with Gasteiger partial charge in [0.25, 0.3) is 0 Å². The quantitative estimate of drug-likeness (QED) is 0.786. The van der Waals surface area contributed by atoms with Crippen LogP contribution in [-0.2, 0) is 13.6 Å². The predicted molar refractivity (Wildman–Crippen MR) is 98.3 cm³/mol. The summed E-state index contributed by atoms with van der Waals surface area (Å²) >= 11 is 0. The Kier molecular flexibility index (Phi) is 3.63. The second-order valence-corrected chi connectivity index (χ2v) is 7.60. The number of piperidine rings is 1. The van der Waals surface area contributed by atoms with Gasteiger partial charge in [-0.2, -0.15) is 0 Å². The second-order valence-electron chi connectivity index (χ2n) is 7.60. The van der Waals surface area contributed by atoms with E-state index in [0.29, 0.717) is 12.0 Å². The van der Waals surface area contributed by atoms with Gasteiger partial charge in [-0.05, 0) is 49.7 Å². The predicted octanol–water partition coefficient (Wildman–Crippen LogP) is 3.90.